The van der Waals surface area contributed by atoms with Crippen molar-refractivity contribution in [2.24, 2.45) is 5.73 Å². The zero-order valence-electron chi connectivity index (χ0n) is 15.5. The molecule has 1 heterocycles. The van der Waals surface area contributed by atoms with E-state index in [1.807, 2.05) is 45.9 Å². The Bertz CT molecular complexity index is 680. The van der Waals surface area contributed by atoms with Gasteiger partial charge in [0, 0.05) is 19.0 Å². The van der Waals surface area contributed by atoms with Crippen LogP contribution in [0.4, 0.5) is 0 Å². The minimum absolute atomic E-state index is 0.0277. The molecule has 0 aliphatic carbocycles. The third kappa shape index (κ3) is 4.49. The highest BCUT2D eigenvalue weighted by Crippen LogP contribution is 2.38. The topological polar surface area (TPSA) is 97.4 Å². The van der Waals surface area contributed by atoms with Gasteiger partial charge < -0.3 is 20.4 Å². The summed E-state index contributed by atoms with van der Waals surface area (Å²) in [6.07, 6.45) is 1.93. The number of benzene rings is 1. The van der Waals surface area contributed by atoms with Crippen molar-refractivity contribution >= 4 is 24.9 Å². The van der Waals surface area contributed by atoms with Crippen LogP contribution in [0.2, 0.25) is 0 Å². The highest BCUT2D eigenvalue weighted by atomic mass is 16.7. The van der Waals surface area contributed by atoms with Crippen molar-refractivity contribution in [1.82, 2.24) is 5.32 Å². The Morgan fingerprint density at radius 2 is 1.72 bits per heavy atom. The van der Waals surface area contributed by atoms with E-state index in [1.165, 1.54) is 6.92 Å². The van der Waals surface area contributed by atoms with E-state index < -0.39 is 18.3 Å². The molecule has 0 saturated carbocycles. The molecule has 0 unspecified atom stereocenters. The maximum atomic E-state index is 11.3. The Morgan fingerprint density at radius 1 is 1.20 bits per heavy atom. The molecule has 1 fully saturated rings. The van der Waals surface area contributed by atoms with Crippen molar-refractivity contribution in [3.8, 4) is 0 Å². The number of nitrogen functional groups attached to an aromatic ring is 1. The maximum Gasteiger partial charge on any atom is 0.492 e. The summed E-state index contributed by atoms with van der Waals surface area (Å²) in [5.74, 6) is -0.0886. The number of rotatable bonds is 5. The zero-order chi connectivity index (χ0) is 18.8. The van der Waals surface area contributed by atoms with Crippen molar-refractivity contribution in [2.45, 2.75) is 45.8 Å². The van der Waals surface area contributed by atoms with Crippen LogP contribution in [0.1, 0.15) is 45.7 Å². The molecule has 1 saturated heterocycles. The van der Waals surface area contributed by atoms with E-state index in [1.54, 1.807) is 12.1 Å². The summed E-state index contributed by atoms with van der Waals surface area (Å²) >= 11 is 0. The van der Waals surface area contributed by atoms with Crippen LogP contribution in [0.15, 0.2) is 29.7 Å². The fourth-order valence-electron chi connectivity index (χ4n) is 2.40. The van der Waals surface area contributed by atoms with Gasteiger partial charge in [-0.3, -0.25) is 10.2 Å². The number of nitrogens with one attached hydrogen (secondary N) is 2. The van der Waals surface area contributed by atoms with Crippen molar-refractivity contribution in [3.05, 3.63) is 40.9 Å². The number of carbonyl (C=O) groups excluding carboxylic acids is 1. The fourth-order valence-corrected chi connectivity index (χ4v) is 2.40. The molecule has 2 rings (SSSR count). The standard InChI is InChI=1S/C18H26BN3O3/c1-12(23)22-11-15(19-24-17(2,3)18(4,5)25-19)10-13-6-8-14(9-7-13)16(20)21/h6-10H,11H2,1-5H3,(H3,20,21)(H,22,23). The van der Waals surface area contributed by atoms with Gasteiger partial charge in [0.05, 0.1) is 11.2 Å². The molecule has 0 aromatic heterocycles. The lowest BCUT2D eigenvalue weighted by Crippen LogP contribution is -2.41. The van der Waals surface area contributed by atoms with Crippen LogP contribution in [-0.2, 0) is 14.1 Å². The predicted octanol–water partition coefficient (Wildman–Crippen LogP) is 2.12. The SMILES string of the molecule is CC(=O)NCC(=Cc1ccc(C(=N)N)cc1)B1OC(C)(C)C(C)(C)O1. The van der Waals surface area contributed by atoms with Crippen molar-refractivity contribution in [3.63, 3.8) is 0 Å². The molecule has 1 aromatic carbocycles. The fraction of sp³-hybridized carbons (Fsp3) is 0.444. The van der Waals surface area contributed by atoms with E-state index in [2.05, 4.69) is 5.32 Å². The van der Waals surface area contributed by atoms with Crippen LogP contribution < -0.4 is 11.1 Å². The number of hydrogen-bond donors (Lipinski definition) is 3. The monoisotopic (exact) mass is 343 g/mol. The van der Waals surface area contributed by atoms with E-state index in [0.29, 0.717) is 12.1 Å². The molecule has 4 N–H and O–H groups in total. The first kappa shape index (κ1) is 19.2. The van der Waals surface area contributed by atoms with Crippen molar-refractivity contribution in [2.75, 3.05) is 6.54 Å². The zero-order valence-corrected chi connectivity index (χ0v) is 15.5. The summed E-state index contributed by atoms with van der Waals surface area (Å²) in [6.45, 7) is 9.77. The average molecular weight is 343 g/mol. The normalized spacial score (nSPS) is 18.9. The van der Waals surface area contributed by atoms with Gasteiger partial charge in [0.2, 0.25) is 5.91 Å². The Hall–Kier alpha value is -2.12. The summed E-state index contributed by atoms with van der Waals surface area (Å²) in [7, 11) is -0.538. The summed E-state index contributed by atoms with van der Waals surface area (Å²) in [5, 5.41) is 10.3. The molecule has 0 atom stereocenters. The largest absolute Gasteiger partial charge is 0.492 e. The van der Waals surface area contributed by atoms with Gasteiger partial charge in [-0.1, -0.05) is 30.3 Å². The highest BCUT2D eigenvalue weighted by Gasteiger charge is 2.52. The molecule has 0 bridgehead atoms. The van der Waals surface area contributed by atoms with Gasteiger partial charge in [0.25, 0.3) is 0 Å². The van der Waals surface area contributed by atoms with Gasteiger partial charge in [-0.2, -0.15) is 0 Å². The smallest absolute Gasteiger partial charge is 0.400 e. The number of amidine groups is 1. The van der Waals surface area contributed by atoms with Gasteiger partial charge >= 0.3 is 7.12 Å². The van der Waals surface area contributed by atoms with Crippen LogP contribution in [0.25, 0.3) is 6.08 Å². The maximum absolute atomic E-state index is 11.3. The molecule has 6 nitrogen and oxygen atoms in total. The van der Waals surface area contributed by atoms with Crippen LogP contribution >= 0.6 is 0 Å². The van der Waals surface area contributed by atoms with E-state index in [-0.39, 0.29) is 11.7 Å². The molecule has 134 valence electrons. The molecule has 1 aliphatic heterocycles. The number of carbonyl (C=O) groups is 1. The lowest BCUT2D eigenvalue weighted by atomic mass is 9.77. The van der Waals surface area contributed by atoms with E-state index in [4.69, 9.17) is 20.5 Å². The molecular formula is C18H26BN3O3. The molecule has 0 radical (unpaired) electrons. The molecule has 7 heteroatoms. The van der Waals surface area contributed by atoms with Crippen LogP contribution in [0.3, 0.4) is 0 Å². The Labute approximate surface area is 149 Å². The van der Waals surface area contributed by atoms with E-state index in [9.17, 15) is 4.79 Å². The molecular weight excluding hydrogens is 317 g/mol. The summed E-state index contributed by atoms with van der Waals surface area (Å²) in [6, 6.07) is 7.31. The molecule has 0 spiro atoms. The van der Waals surface area contributed by atoms with Crippen LogP contribution in [0, 0.1) is 5.41 Å². The van der Waals surface area contributed by atoms with Gasteiger partial charge in [-0.15, -0.1) is 0 Å². The number of hydrogen-bond acceptors (Lipinski definition) is 4. The Kier molecular flexibility index (Phi) is 5.39. The lowest BCUT2D eigenvalue weighted by molar-refractivity contribution is -0.118. The first-order valence-electron chi connectivity index (χ1n) is 8.27. The van der Waals surface area contributed by atoms with Crippen molar-refractivity contribution in [1.29, 1.82) is 5.41 Å². The molecule has 1 aliphatic rings. The number of nitrogens with two attached hydrogens (primary N) is 1. The summed E-state index contributed by atoms with van der Waals surface area (Å²) in [5.41, 5.74) is 6.98. The van der Waals surface area contributed by atoms with Crippen LogP contribution in [-0.4, -0.2) is 36.6 Å². The first-order chi connectivity index (χ1) is 11.5. The second-order valence-corrected chi connectivity index (χ2v) is 7.25. The highest BCUT2D eigenvalue weighted by molar-refractivity contribution is 6.56. The lowest BCUT2D eigenvalue weighted by Gasteiger charge is -2.32. The van der Waals surface area contributed by atoms with E-state index in [0.717, 1.165) is 11.0 Å². The van der Waals surface area contributed by atoms with Gasteiger partial charge in [0.1, 0.15) is 5.84 Å². The third-order valence-corrected chi connectivity index (χ3v) is 4.67. The van der Waals surface area contributed by atoms with Crippen LogP contribution in [0.5, 0.6) is 0 Å². The second kappa shape index (κ2) is 7.02. The third-order valence-electron chi connectivity index (χ3n) is 4.67. The summed E-state index contributed by atoms with van der Waals surface area (Å²) in [4.78, 5) is 11.3. The number of amides is 1. The van der Waals surface area contributed by atoms with E-state index >= 15 is 0 Å². The van der Waals surface area contributed by atoms with Gasteiger partial charge in [-0.25, -0.2) is 0 Å². The Morgan fingerprint density at radius 3 is 2.16 bits per heavy atom. The molecule has 1 amide bonds. The predicted molar refractivity (Wildman–Crippen MR) is 100 cm³/mol. The Balaban J connectivity index is 2.29. The second-order valence-electron chi connectivity index (χ2n) is 7.25. The minimum atomic E-state index is -0.538. The van der Waals surface area contributed by atoms with Gasteiger partial charge in [-0.05, 0) is 38.7 Å². The molecule has 1 aromatic rings. The first-order valence-corrected chi connectivity index (χ1v) is 8.27. The summed E-state index contributed by atoms with van der Waals surface area (Å²) < 4.78 is 12.2. The van der Waals surface area contributed by atoms with Crippen molar-refractivity contribution < 1.29 is 14.1 Å². The van der Waals surface area contributed by atoms with Gasteiger partial charge in [0.15, 0.2) is 0 Å². The quantitative estimate of drug-likeness (QED) is 0.433. The minimum Gasteiger partial charge on any atom is -0.400 e. The average Bonchev–Trinajstić information content (AvgIpc) is 2.72. The molecule has 25 heavy (non-hydrogen) atoms.